The van der Waals surface area contributed by atoms with Gasteiger partial charge in [-0.25, -0.2) is 4.39 Å². The summed E-state index contributed by atoms with van der Waals surface area (Å²) in [5, 5.41) is 3.26. The largest absolute Gasteiger partial charge is 0.491 e. The van der Waals surface area contributed by atoms with Crippen LogP contribution in [0.3, 0.4) is 0 Å². The monoisotopic (exact) mass is 401 g/mol. The van der Waals surface area contributed by atoms with E-state index in [4.69, 9.17) is 4.74 Å². The van der Waals surface area contributed by atoms with E-state index < -0.39 is 29.1 Å². The average Bonchev–Trinajstić information content (AvgIpc) is 3.01. The Labute approximate surface area is 158 Å². The zero-order valence-corrected chi connectivity index (χ0v) is 15.7. The lowest BCUT2D eigenvalue weighted by Crippen LogP contribution is -2.45. The number of hydrogen-bond donors (Lipinski definition) is 0. The van der Waals surface area contributed by atoms with Gasteiger partial charge in [-0.2, -0.15) is 18.2 Å². The molecular weight excluding hydrogens is 382 g/mol. The third kappa shape index (κ3) is 3.81. The Kier molecular flexibility index (Phi) is 4.84. The minimum atomic E-state index is -4.80. The van der Waals surface area contributed by atoms with Crippen LogP contribution < -0.4 is 4.74 Å². The van der Waals surface area contributed by atoms with Gasteiger partial charge in [0.25, 0.3) is 0 Å². The topological polar surface area (TPSA) is 68.5 Å². The van der Waals surface area contributed by atoms with E-state index in [1.165, 1.54) is 11.0 Å². The van der Waals surface area contributed by atoms with Gasteiger partial charge in [0.05, 0.1) is 12.6 Å². The van der Waals surface area contributed by atoms with Crippen LogP contribution in [0.15, 0.2) is 16.7 Å². The van der Waals surface area contributed by atoms with Gasteiger partial charge >= 0.3 is 12.1 Å². The second-order valence-electron chi connectivity index (χ2n) is 7.70. The van der Waals surface area contributed by atoms with Crippen LogP contribution in [0.5, 0.6) is 5.75 Å². The van der Waals surface area contributed by atoms with E-state index in [2.05, 4.69) is 14.7 Å². The lowest BCUT2D eigenvalue weighted by atomic mass is 9.93. The molecular formula is C18H19F4N3O3. The van der Waals surface area contributed by atoms with Crippen molar-refractivity contribution in [1.82, 2.24) is 15.0 Å². The Hall–Kier alpha value is -2.65. The lowest BCUT2D eigenvalue weighted by molar-refractivity contribution is -0.159. The Bertz CT molecular complexity index is 902. The zero-order chi connectivity index (χ0) is 20.9. The number of carbonyl (C=O) groups is 1. The number of carbonyl (C=O) groups excluding carboxylic acids is 1. The third-order valence-corrected chi connectivity index (χ3v) is 4.32. The van der Waals surface area contributed by atoms with Crippen LogP contribution in [0.1, 0.15) is 39.1 Å². The minimum Gasteiger partial charge on any atom is -0.491 e. The molecule has 0 radical (unpaired) electrons. The number of aromatic nitrogens is 2. The highest BCUT2D eigenvalue weighted by atomic mass is 19.4. The summed E-state index contributed by atoms with van der Waals surface area (Å²) in [5.41, 5.74) is -0.530. The fraction of sp³-hybridized carbons (Fsp3) is 0.500. The Morgan fingerprint density at radius 3 is 2.50 bits per heavy atom. The highest BCUT2D eigenvalue weighted by Crippen LogP contribution is 2.35. The number of rotatable bonds is 1. The van der Waals surface area contributed by atoms with Crippen LogP contribution in [-0.2, 0) is 17.5 Å². The first-order chi connectivity index (χ1) is 12.9. The number of fused-ring (bicyclic) bond motifs is 1. The van der Waals surface area contributed by atoms with Gasteiger partial charge in [0.2, 0.25) is 11.7 Å². The van der Waals surface area contributed by atoms with Crippen molar-refractivity contribution in [3.05, 3.63) is 29.4 Å². The molecule has 6 nitrogen and oxygen atoms in total. The summed E-state index contributed by atoms with van der Waals surface area (Å²) in [6, 6.07) is 2.04. The molecule has 2 aromatic rings. The van der Waals surface area contributed by atoms with Crippen LogP contribution in [0.4, 0.5) is 17.6 Å². The molecule has 0 fully saturated rings. The quantitative estimate of drug-likeness (QED) is 0.675. The molecule has 0 N–H and O–H groups in total. The maximum Gasteiger partial charge on any atom is 0.471 e. The molecule has 1 atom stereocenters. The zero-order valence-electron chi connectivity index (χ0n) is 15.7. The van der Waals surface area contributed by atoms with E-state index in [1.807, 2.05) is 0 Å². The van der Waals surface area contributed by atoms with Gasteiger partial charge < -0.3 is 14.2 Å². The van der Waals surface area contributed by atoms with E-state index in [9.17, 15) is 22.4 Å². The molecule has 2 heterocycles. The van der Waals surface area contributed by atoms with E-state index in [0.29, 0.717) is 0 Å². The first kappa shape index (κ1) is 20.1. The van der Waals surface area contributed by atoms with Crippen LogP contribution in [0.25, 0.3) is 11.4 Å². The summed E-state index contributed by atoms with van der Waals surface area (Å²) in [7, 11) is 0. The van der Waals surface area contributed by atoms with Crippen molar-refractivity contribution in [2.45, 2.75) is 46.5 Å². The SMILES string of the molecule is C[C@H]1COc2cc(-c3noc(C(F)(F)F)n3)cc(F)c2CN1C(=O)C(C)(C)C. The number of nitrogens with zero attached hydrogens (tertiary/aromatic N) is 3. The Balaban J connectivity index is 1.98. The Morgan fingerprint density at radius 1 is 1.25 bits per heavy atom. The molecule has 1 aliphatic rings. The van der Waals surface area contributed by atoms with Gasteiger partial charge in [0.1, 0.15) is 18.2 Å². The fourth-order valence-corrected chi connectivity index (χ4v) is 2.81. The van der Waals surface area contributed by atoms with Crippen molar-refractivity contribution in [1.29, 1.82) is 0 Å². The number of halogens is 4. The van der Waals surface area contributed by atoms with Crippen LogP contribution in [0.2, 0.25) is 0 Å². The first-order valence-electron chi connectivity index (χ1n) is 8.55. The lowest BCUT2D eigenvalue weighted by Gasteiger charge is -2.32. The fourth-order valence-electron chi connectivity index (χ4n) is 2.81. The number of hydrogen-bond acceptors (Lipinski definition) is 5. The summed E-state index contributed by atoms with van der Waals surface area (Å²) in [5.74, 6) is -2.68. The third-order valence-electron chi connectivity index (χ3n) is 4.32. The molecule has 1 amide bonds. The van der Waals surface area contributed by atoms with Crippen LogP contribution in [0, 0.1) is 11.2 Å². The van der Waals surface area contributed by atoms with Gasteiger partial charge in [0, 0.05) is 16.5 Å². The van der Waals surface area contributed by atoms with Gasteiger partial charge in [0.15, 0.2) is 0 Å². The molecule has 10 heteroatoms. The molecule has 3 rings (SSSR count). The number of benzene rings is 1. The first-order valence-corrected chi connectivity index (χ1v) is 8.55. The molecule has 28 heavy (non-hydrogen) atoms. The number of alkyl halides is 3. The second-order valence-corrected chi connectivity index (χ2v) is 7.70. The van der Waals surface area contributed by atoms with Crippen LogP contribution >= 0.6 is 0 Å². The minimum absolute atomic E-state index is 0.0150. The van der Waals surface area contributed by atoms with Crippen molar-refractivity contribution in [2.24, 2.45) is 5.41 Å². The predicted molar refractivity (Wildman–Crippen MR) is 89.7 cm³/mol. The average molecular weight is 401 g/mol. The molecule has 1 aromatic carbocycles. The van der Waals surface area contributed by atoms with Gasteiger partial charge in [-0.3, -0.25) is 4.79 Å². The normalized spacial score (nSPS) is 17.7. The van der Waals surface area contributed by atoms with Gasteiger partial charge in [-0.1, -0.05) is 25.9 Å². The molecule has 0 saturated carbocycles. The summed E-state index contributed by atoms with van der Waals surface area (Å²) in [6.07, 6.45) is -4.80. The van der Waals surface area contributed by atoms with Crippen molar-refractivity contribution >= 4 is 5.91 Å². The molecule has 0 saturated heterocycles. The standard InChI is InChI=1S/C18H19F4N3O3/c1-9-8-27-13-6-10(14-23-15(28-24-14)18(20,21)22)5-12(19)11(13)7-25(9)16(26)17(2,3)4/h5-6,9H,7-8H2,1-4H3/t9-/m0/s1. The highest BCUT2D eigenvalue weighted by molar-refractivity contribution is 5.82. The van der Waals surface area contributed by atoms with Gasteiger partial charge in [-0.15, -0.1) is 0 Å². The number of amides is 1. The molecule has 1 aliphatic heterocycles. The van der Waals surface area contributed by atoms with E-state index in [-0.39, 0.29) is 42.0 Å². The molecule has 1 aromatic heterocycles. The van der Waals surface area contributed by atoms with Crippen molar-refractivity contribution in [3.63, 3.8) is 0 Å². The summed E-state index contributed by atoms with van der Waals surface area (Å²) < 4.78 is 62.5. The second kappa shape index (κ2) is 6.75. The van der Waals surface area contributed by atoms with Gasteiger partial charge in [-0.05, 0) is 19.1 Å². The number of ether oxygens (including phenoxy) is 1. The van der Waals surface area contributed by atoms with E-state index in [1.54, 1.807) is 27.7 Å². The molecule has 152 valence electrons. The Morgan fingerprint density at radius 2 is 1.93 bits per heavy atom. The summed E-state index contributed by atoms with van der Waals surface area (Å²) >= 11 is 0. The molecule has 0 aliphatic carbocycles. The summed E-state index contributed by atoms with van der Waals surface area (Å²) in [6.45, 7) is 7.17. The molecule has 0 spiro atoms. The van der Waals surface area contributed by atoms with E-state index in [0.717, 1.165) is 6.07 Å². The predicted octanol–water partition coefficient (Wildman–Crippen LogP) is 4.05. The van der Waals surface area contributed by atoms with Crippen molar-refractivity contribution < 1.29 is 31.6 Å². The van der Waals surface area contributed by atoms with E-state index >= 15 is 0 Å². The highest BCUT2D eigenvalue weighted by Gasteiger charge is 2.39. The maximum atomic E-state index is 14.8. The van der Waals surface area contributed by atoms with Crippen molar-refractivity contribution in [3.8, 4) is 17.1 Å². The maximum absolute atomic E-state index is 14.8. The molecule has 0 bridgehead atoms. The van der Waals surface area contributed by atoms with Crippen LogP contribution in [-0.4, -0.2) is 33.6 Å². The summed E-state index contributed by atoms with van der Waals surface area (Å²) in [4.78, 5) is 17.5. The smallest absolute Gasteiger partial charge is 0.471 e. The van der Waals surface area contributed by atoms with Crippen molar-refractivity contribution in [2.75, 3.05) is 6.61 Å². The molecule has 0 unspecified atom stereocenters.